The van der Waals surface area contributed by atoms with Crippen molar-refractivity contribution in [1.29, 1.82) is 0 Å². The van der Waals surface area contributed by atoms with E-state index in [4.69, 9.17) is 23.7 Å². The van der Waals surface area contributed by atoms with Gasteiger partial charge >= 0.3 is 0 Å². The van der Waals surface area contributed by atoms with Gasteiger partial charge in [0.25, 0.3) is 0 Å². The lowest BCUT2D eigenvalue weighted by molar-refractivity contribution is 0.171. The highest BCUT2D eigenvalue weighted by Gasteiger charge is 2.35. The van der Waals surface area contributed by atoms with Crippen molar-refractivity contribution in [2.75, 3.05) is 34.0 Å². The molecular weight excluding hydrogens is 528 g/mol. The molecule has 0 aliphatic carbocycles. The third-order valence-corrected chi connectivity index (χ3v) is 9.07. The van der Waals surface area contributed by atoms with Gasteiger partial charge in [0, 0.05) is 24.2 Å². The molecule has 0 radical (unpaired) electrons. The maximum Gasteiger partial charge on any atom is 0.231 e. The van der Waals surface area contributed by atoms with E-state index in [-0.39, 0.29) is 18.9 Å². The van der Waals surface area contributed by atoms with Gasteiger partial charge in [0.05, 0.1) is 7.11 Å². The first kappa shape index (κ1) is 25.5. The number of methoxy groups -OCH3 is 1. The van der Waals surface area contributed by atoms with Crippen molar-refractivity contribution in [3.05, 3.63) is 100 Å². The lowest BCUT2D eigenvalue weighted by atomic mass is 9.87. The largest absolute Gasteiger partial charge is 0.493 e. The maximum atomic E-state index is 6.95. The van der Waals surface area contributed by atoms with Crippen molar-refractivity contribution >= 4 is 0 Å². The van der Waals surface area contributed by atoms with Crippen LogP contribution in [0.25, 0.3) is 0 Å². The minimum Gasteiger partial charge on any atom is -0.493 e. The fourth-order valence-electron chi connectivity index (χ4n) is 6.89. The molecule has 7 heteroatoms. The maximum absolute atomic E-state index is 6.95. The lowest BCUT2D eigenvalue weighted by Crippen LogP contribution is -2.34. The highest BCUT2D eigenvalue weighted by molar-refractivity contribution is 5.64. The Hall–Kier alpha value is -4.20. The van der Waals surface area contributed by atoms with E-state index in [1.807, 2.05) is 6.07 Å². The Bertz CT molecular complexity index is 1670. The van der Waals surface area contributed by atoms with Gasteiger partial charge in [0.2, 0.25) is 12.5 Å². The first-order chi connectivity index (χ1) is 20.6. The first-order valence-electron chi connectivity index (χ1n) is 14.8. The molecule has 0 amide bonds. The normalized spacial score (nSPS) is 20.5. The van der Waals surface area contributed by atoms with Crippen molar-refractivity contribution in [1.82, 2.24) is 10.2 Å². The van der Waals surface area contributed by atoms with Gasteiger partial charge < -0.3 is 29.0 Å². The highest BCUT2D eigenvalue weighted by atomic mass is 16.7. The number of rotatable bonds is 1. The van der Waals surface area contributed by atoms with Gasteiger partial charge in [-0.05, 0) is 110 Å². The molecule has 0 saturated carbocycles. The van der Waals surface area contributed by atoms with Crippen LogP contribution in [0, 0.1) is 0 Å². The number of likely N-dealkylation sites (N-methyl/N-ethyl adjacent to an activating group) is 1. The molecule has 0 saturated heterocycles. The fourth-order valence-corrected chi connectivity index (χ4v) is 6.89. The predicted octanol–water partition coefficient (Wildman–Crippen LogP) is 6.52. The number of hydrogen-bond donors (Lipinski definition) is 1. The fraction of sp³-hybridized carbons (Fsp3) is 0.314. The van der Waals surface area contributed by atoms with Gasteiger partial charge in [-0.3, -0.25) is 4.90 Å². The number of hydrogen-bond acceptors (Lipinski definition) is 7. The SMILES string of the molecule is COc1cc2c3cc1Oc1c4c(cc5c1[C@H](Cc1ccc(cc1)Oc1cccc(c1)C[C@H]3NCC2)N(C)CC5)OCO4. The molecule has 9 rings (SSSR count). The van der Waals surface area contributed by atoms with Crippen molar-refractivity contribution in [2.45, 2.75) is 37.8 Å². The zero-order valence-electron chi connectivity index (χ0n) is 23.9. The van der Waals surface area contributed by atoms with Crippen LogP contribution in [0.1, 0.15) is 45.5 Å². The van der Waals surface area contributed by atoms with E-state index in [2.05, 4.69) is 77.9 Å². The van der Waals surface area contributed by atoms with Crippen LogP contribution >= 0.6 is 0 Å². The van der Waals surface area contributed by atoms with Crippen LogP contribution in [0.15, 0.2) is 66.7 Å². The van der Waals surface area contributed by atoms with Gasteiger partial charge in [-0.2, -0.15) is 0 Å². The quantitative estimate of drug-likeness (QED) is 0.283. The first-order valence-corrected chi connectivity index (χ1v) is 14.8. The molecule has 2 atom stereocenters. The summed E-state index contributed by atoms with van der Waals surface area (Å²) < 4.78 is 31.2. The summed E-state index contributed by atoms with van der Waals surface area (Å²) in [6.07, 6.45) is 3.49. The molecule has 4 aromatic rings. The van der Waals surface area contributed by atoms with E-state index >= 15 is 0 Å². The number of nitrogens with one attached hydrogen (secondary N) is 1. The molecule has 5 aliphatic rings. The van der Waals surface area contributed by atoms with Crippen LogP contribution in [-0.2, 0) is 25.7 Å². The van der Waals surface area contributed by atoms with Crippen molar-refractivity contribution in [3.8, 4) is 40.2 Å². The molecule has 6 bridgehead atoms. The molecular formula is C35H34N2O5. The predicted molar refractivity (Wildman–Crippen MR) is 160 cm³/mol. The second-order valence-corrected chi connectivity index (χ2v) is 11.6. The molecule has 0 fully saturated rings. The van der Waals surface area contributed by atoms with Crippen LogP contribution in [0.2, 0.25) is 0 Å². The van der Waals surface area contributed by atoms with Crippen LogP contribution in [0.5, 0.6) is 40.2 Å². The Kier molecular flexibility index (Phi) is 6.23. The molecule has 5 aliphatic heterocycles. The molecule has 0 aromatic heterocycles. The van der Waals surface area contributed by atoms with Crippen LogP contribution in [0.3, 0.4) is 0 Å². The molecule has 7 nitrogen and oxygen atoms in total. The Morgan fingerprint density at radius 3 is 2.60 bits per heavy atom. The average molecular weight is 563 g/mol. The van der Waals surface area contributed by atoms with Crippen molar-refractivity contribution < 1.29 is 23.7 Å². The number of ether oxygens (including phenoxy) is 5. The standard InChI is InChI=1S/C35H34N2O5/c1-37-13-11-24-18-32-34(40-20-39-32)35-33(24)29(37)16-21-6-8-25(9-7-21)41-26-5-3-4-22(14-26)15-28-27-19-31(42-35)30(38-2)17-23(27)10-12-36-28/h3-9,14,17-19,28-29,36H,10-13,15-16,20H2,1-2H3/t28-,29+/m1/s1. The summed E-state index contributed by atoms with van der Waals surface area (Å²) in [5.74, 6) is 5.22. The molecule has 1 N–H and O–H groups in total. The third-order valence-electron chi connectivity index (χ3n) is 9.07. The van der Waals surface area contributed by atoms with Crippen LogP contribution < -0.4 is 29.0 Å². The second kappa shape index (κ2) is 10.3. The monoisotopic (exact) mass is 562 g/mol. The van der Waals surface area contributed by atoms with E-state index < -0.39 is 0 Å². The summed E-state index contributed by atoms with van der Waals surface area (Å²) in [5, 5.41) is 3.75. The van der Waals surface area contributed by atoms with E-state index in [0.29, 0.717) is 11.5 Å². The molecule has 5 heterocycles. The summed E-state index contributed by atoms with van der Waals surface area (Å²) in [4.78, 5) is 2.41. The molecule has 42 heavy (non-hydrogen) atoms. The van der Waals surface area contributed by atoms with Gasteiger partial charge in [-0.1, -0.05) is 24.3 Å². The zero-order valence-corrected chi connectivity index (χ0v) is 23.9. The Morgan fingerprint density at radius 2 is 1.71 bits per heavy atom. The van der Waals surface area contributed by atoms with Crippen molar-refractivity contribution in [3.63, 3.8) is 0 Å². The van der Waals surface area contributed by atoms with Gasteiger partial charge in [-0.15, -0.1) is 0 Å². The number of nitrogens with zero attached hydrogens (tertiary/aromatic N) is 1. The summed E-state index contributed by atoms with van der Waals surface area (Å²) >= 11 is 0. The zero-order chi connectivity index (χ0) is 28.2. The second-order valence-electron chi connectivity index (χ2n) is 11.6. The minimum absolute atomic E-state index is 0.0959. The molecule has 4 aromatic carbocycles. The average Bonchev–Trinajstić information content (AvgIpc) is 3.48. The van der Waals surface area contributed by atoms with E-state index in [0.717, 1.165) is 73.1 Å². The summed E-state index contributed by atoms with van der Waals surface area (Å²) in [6.45, 7) is 2.04. The Labute approximate surface area is 245 Å². The van der Waals surface area contributed by atoms with Gasteiger partial charge in [0.15, 0.2) is 23.0 Å². The van der Waals surface area contributed by atoms with Crippen molar-refractivity contribution in [2.24, 2.45) is 0 Å². The van der Waals surface area contributed by atoms with Crippen LogP contribution in [-0.4, -0.2) is 38.9 Å². The van der Waals surface area contributed by atoms with Crippen LogP contribution in [0.4, 0.5) is 0 Å². The Balaban J connectivity index is 1.33. The molecule has 0 unspecified atom stereocenters. The smallest absolute Gasteiger partial charge is 0.231 e. The summed E-state index contributed by atoms with van der Waals surface area (Å²) in [5.41, 5.74) is 7.33. The summed E-state index contributed by atoms with van der Waals surface area (Å²) in [6, 6.07) is 23.5. The minimum atomic E-state index is 0.0959. The molecule has 0 spiro atoms. The van der Waals surface area contributed by atoms with Gasteiger partial charge in [-0.25, -0.2) is 0 Å². The highest BCUT2D eigenvalue weighted by Crippen LogP contribution is 2.53. The van der Waals surface area contributed by atoms with E-state index in [1.165, 1.54) is 27.8 Å². The van der Waals surface area contributed by atoms with E-state index in [1.54, 1.807) is 7.11 Å². The topological polar surface area (TPSA) is 61.4 Å². The number of benzene rings is 4. The third kappa shape index (κ3) is 4.44. The number of fused-ring (bicyclic) bond motifs is 3. The van der Waals surface area contributed by atoms with E-state index in [9.17, 15) is 0 Å². The molecule has 214 valence electrons. The van der Waals surface area contributed by atoms with Gasteiger partial charge in [0.1, 0.15) is 11.5 Å². The summed E-state index contributed by atoms with van der Waals surface area (Å²) in [7, 11) is 3.90. The Morgan fingerprint density at radius 1 is 0.810 bits per heavy atom. The lowest BCUT2D eigenvalue weighted by Gasteiger charge is -2.36.